The summed E-state index contributed by atoms with van der Waals surface area (Å²) in [6, 6.07) is 16.4. The number of fused-ring (bicyclic) bond motifs is 1. The van der Waals surface area contributed by atoms with E-state index in [0.717, 1.165) is 44.2 Å². The van der Waals surface area contributed by atoms with Gasteiger partial charge in [0.05, 0.1) is 5.52 Å². The highest BCUT2D eigenvalue weighted by molar-refractivity contribution is 9.10. The van der Waals surface area contributed by atoms with Crippen LogP contribution < -0.4 is 5.32 Å². The van der Waals surface area contributed by atoms with E-state index in [-0.39, 0.29) is 0 Å². The summed E-state index contributed by atoms with van der Waals surface area (Å²) in [4.78, 5) is 17.4. The van der Waals surface area contributed by atoms with Crippen molar-refractivity contribution < 1.29 is 9.53 Å². The van der Waals surface area contributed by atoms with Crippen molar-refractivity contribution in [3.05, 3.63) is 64.3 Å². The Morgan fingerprint density at radius 1 is 1.13 bits per heavy atom. The van der Waals surface area contributed by atoms with Crippen molar-refractivity contribution in [1.82, 2.24) is 10.3 Å². The molecule has 0 radical (unpaired) electrons. The van der Waals surface area contributed by atoms with E-state index in [0.29, 0.717) is 12.5 Å². The molecule has 0 bridgehead atoms. The number of amides is 1. The lowest BCUT2D eigenvalue weighted by molar-refractivity contribution is 0.0523. The molecule has 0 aliphatic heterocycles. The van der Waals surface area contributed by atoms with Crippen LogP contribution in [-0.2, 0) is 17.7 Å². The molecule has 0 aliphatic rings. The maximum absolute atomic E-state index is 12.4. The van der Waals surface area contributed by atoms with Gasteiger partial charge in [-0.25, -0.2) is 4.79 Å². The molecule has 158 valence electrons. The molecule has 0 spiro atoms. The molecule has 2 aromatic carbocycles. The van der Waals surface area contributed by atoms with Crippen LogP contribution >= 0.6 is 15.9 Å². The lowest BCUT2D eigenvalue weighted by Gasteiger charge is -2.22. The average Bonchev–Trinajstić information content (AvgIpc) is 2.65. The Balaban J connectivity index is 2.16. The highest BCUT2D eigenvalue weighted by Gasteiger charge is 2.20. The van der Waals surface area contributed by atoms with Gasteiger partial charge in [-0.1, -0.05) is 60.1 Å². The van der Waals surface area contributed by atoms with Crippen LogP contribution in [0.25, 0.3) is 22.0 Å². The van der Waals surface area contributed by atoms with Gasteiger partial charge < -0.3 is 10.1 Å². The minimum absolute atomic E-state index is 0.358. The Morgan fingerprint density at radius 3 is 2.47 bits per heavy atom. The normalized spacial score (nSPS) is 11.7. The number of alkyl carbamates (subject to hydrolysis) is 1. The van der Waals surface area contributed by atoms with Crippen molar-refractivity contribution in [2.45, 2.75) is 53.2 Å². The molecule has 0 saturated carbocycles. The fourth-order valence-electron chi connectivity index (χ4n) is 3.48. The zero-order valence-electron chi connectivity index (χ0n) is 18.3. The number of nitrogens with zero attached hydrogens (tertiary/aromatic N) is 1. The fourth-order valence-corrected chi connectivity index (χ4v) is 3.84. The van der Waals surface area contributed by atoms with E-state index >= 15 is 0 Å². The highest BCUT2D eigenvalue weighted by atomic mass is 79.9. The number of pyridine rings is 1. The van der Waals surface area contributed by atoms with Gasteiger partial charge in [0, 0.05) is 27.7 Å². The molecule has 0 saturated heterocycles. The molecule has 5 heteroatoms. The summed E-state index contributed by atoms with van der Waals surface area (Å²) in [7, 11) is 0. The van der Waals surface area contributed by atoms with Crippen LogP contribution in [0.1, 0.15) is 45.9 Å². The summed E-state index contributed by atoms with van der Waals surface area (Å²) >= 11 is 3.60. The van der Waals surface area contributed by atoms with E-state index in [9.17, 15) is 4.79 Å². The van der Waals surface area contributed by atoms with Crippen molar-refractivity contribution in [1.29, 1.82) is 0 Å². The largest absolute Gasteiger partial charge is 0.444 e. The summed E-state index contributed by atoms with van der Waals surface area (Å²) < 4.78 is 6.45. The van der Waals surface area contributed by atoms with Crippen molar-refractivity contribution in [3.63, 3.8) is 0 Å². The summed E-state index contributed by atoms with van der Waals surface area (Å²) in [5.74, 6) is 0.439. The lowest BCUT2D eigenvalue weighted by Crippen LogP contribution is -2.32. The van der Waals surface area contributed by atoms with E-state index in [1.165, 1.54) is 0 Å². The van der Waals surface area contributed by atoms with Crippen molar-refractivity contribution in [2.24, 2.45) is 5.92 Å². The first-order chi connectivity index (χ1) is 14.1. The topological polar surface area (TPSA) is 51.2 Å². The number of benzene rings is 2. The van der Waals surface area contributed by atoms with Crippen LogP contribution in [-0.4, -0.2) is 16.7 Å². The molecule has 0 unspecified atom stereocenters. The molecule has 3 aromatic rings. The van der Waals surface area contributed by atoms with Gasteiger partial charge in [0.2, 0.25) is 0 Å². The number of aromatic nitrogens is 1. The third-order valence-corrected chi connectivity index (χ3v) is 5.10. The van der Waals surface area contributed by atoms with E-state index < -0.39 is 11.7 Å². The molecule has 0 fully saturated rings. The quantitative estimate of drug-likeness (QED) is 0.443. The number of hydrogen-bond acceptors (Lipinski definition) is 3. The number of nitrogens with one attached hydrogen (secondary N) is 1. The van der Waals surface area contributed by atoms with Crippen LogP contribution in [0.4, 0.5) is 4.79 Å². The van der Waals surface area contributed by atoms with E-state index in [1.54, 1.807) is 0 Å². The second-order valence-electron chi connectivity index (χ2n) is 8.89. The number of halogens is 1. The third kappa shape index (κ3) is 5.60. The molecule has 3 rings (SSSR count). The van der Waals surface area contributed by atoms with E-state index in [2.05, 4.69) is 53.3 Å². The van der Waals surface area contributed by atoms with Crippen LogP contribution in [0, 0.1) is 5.92 Å². The Morgan fingerprint density at radius 2 is 1.83 bits per heavy atom. The number of rotatable bonds is 5. The lowest BCUT2D eigenvalue weighted by atomic mass is 9.91. The van der Waals surface area contributed by atoms with Gasteiger partial charge in [-0.3, -0.25) is 4.98 Å². The SMILES string of the molecule is CC(C)Cc1nc2ccc(Br)cc2c(-c2ccccc2)c1CNC(=O)OC(C)(C)C. The van der Waals surface area contributed by atoms with Gasteiger partial charge in [0.1, 0.15) is 5.60 Å². The highest BCUT2D eigenvalue weighted by Crippen LogP contribution is 2.35. The molecular weight excluding hydrogens is 440 g/mol. The average molecular weight is 469 g/mol. The Hall–Kier alpha value is -2.40. The van der Waals surface area contributed by atoms with Gasteiger partial charge in [-0.05, 0) is 62.4 Å². The minimum Gasteiger partial charge on any atom is -0.444 e. The van der Waals surface area contributed by atoms with Gasteiger partial charge in [0.15, 0.2) is 0 Å². The number of hydrogen-bond donors (Lipinski definition) is 1. The second-order valence-corrected chi connectivity index (χ2v) is 9.81. The first-order valence-electron chi connectivity index (χ1n) is 10.3. The maximum Gasteiger partial charge on any atom is 0.407 e. The smallest absolute Gasteiger partial charge is 0.407 e. The molecule has 0 atom stereocenters. The number of carbonyl (C=O) groups is 1. The zero-order chi connectivity index (χ0) is 21.9. The predicted molar refractivity (Wildman–Crippen MR) is 126 cm³/mol. The Kier molecular flexibility index (Phi) is 6.81. The molecule has 1 N–H and O–H groups in total. The fraction of sp³-hybridized carbons (Fsp3) is 0.360. The van der Waals surface area contributed by atoms with E-state index in [1.807, 2.05) is 51.1 Å². The Bertz CT molecular complexity index is 1040. The summed E-state index contributed by atoms with van der Waals surface area (Å²) in [6.45, 7) is 10.3. The van der Waals surface area contributed by atoms with Crippen molar-refractivity contribution in [2.75, 3.05) is 0 Å². The first-order valence-corrected chi connectivity index (χ1v) is 11.1. The molecule has 30 heavy (non-hydrogen) atoms. The van der Waals surface area contributed by atoms with Crippen LogP contribution in [0.2, 0.25) is 0 Å². The molecular formula is C25H29BrN2O2. The predicted octanol–water partition coefficient (Wildman–Crippen LogP) is 6.89. The van der Waals surface area contributed by atoms with Crippen LogP contribution in [0.3, 0.4) is 0 Å². The van der Waals surface area contributed by atoms with Gasteiger partial charge >= 0.3 is 6.09 Å². The van der Waals surface area contributed by atoms with Crippen LogP contribution in [0.15, 0.2) is 53.0 Å². The standard InChI is InChI=1S/C25H29BrN2O2/c1-16(2)13-22-20(15-27-24(29)30-25(3,4)5)23(17-9-7-6-8-10-17)19-14-18(26)11-12-21(19)28-22/h6-12,14,16H,13,15H2,1-5H3,(H,27,29). The molecule has 1 amide bonds. The second kappa shape index (κ2) is 9.17. The molecule has 4 nitrogen and oxygen atoms in total. The van der Waals surface area contributed by atoms with Crippen molar-refractivity contribution >= 4 is 32.9 Å². The van der Waals surface area contributed by atoms with Crippen molar-refractivity contribution in [3.8, 4) is 11.1 Å². The summed E-state index contributed by atoms with van der Waals surface area (Å²) in [6.07, 6.45) is 0.406. The van der Waals surface area contributed by atoms with E-state index in [4.69, 9.17) is 9.72 Å². The number of ether oxygens (including phenoxy) is 1. The maximum atomic E-state index is 12.4. The van der Waals surface area contributed by atoms with Crippen LogP contribution in [0.5, 0.6) is 0 Å². The third-order valence-electron chi connectivity index (χ3n) is 4.61. The molecule has 1 heterocycles. The van der Waals surface area contributed by atoms with Gasteiger partial charge in [-0.15, -0.1) is 0 Å². The van der Waals surface area contributed by atoms with Gasteiger partial charge in [0.25, 0.3) is 0 Å². The monoisotopic (exact) mass is 468 g/mol. The van der Waals surface area contributed by atoms with Gasteiger partial charge in [-0.2, -0.15) is 0 Å². The number of carbonyl (C=O) groups excluding carboxylic acids is 1. The first kappa shape index (κ1) is 22.3. The summed E-state index contributed by atoms with van der Waals surface area (Å²) in [5.41, 5.74) is 4.66. The minimum atomic E-state index is -0.542. The molecule has 1 aromatic heterocycles. The summed E-state index contributed by atoms with van der Waals surface area (Å²) in [5, 5.41) is 4.01. The Labute approximate surface area is 187 Å². The molecule has 0 aliphatic carbocycles. The zero-order valence-corrected chi connectivity index (χ0v) is 19.8.